The summed E-state index contributed by atoms with van der Waals surface area (Å²) in [5.41, 5.74) is 1.48. The molecule has 0 aliphatic heterocycles. The minimum Gasteiger partial charge on any atom is -0.481 e. The molecule has 1 amide bonds. The van der Waals surface area contributed by atoms with Crippen molar-refractivity contribution in [2.75, 3.05) is 13.6 Å². The van der Waals surface area contributed by atoms with E-state index in [0.717, 1.165) is 5.56 Å². The largest absolute Gasteiger partial charge is 0.481 e. The van der Waals surface area contributed by atoms with Crippen LogP contribution in [0.1, 0.15) is 28.8 Å². The molecule has 0 aliphatic carbocycles. The Kier molecular flexibility index (Phi) is 6.31. The van der Waals surface area contributed by atoms with Crippen LogP contribution in [0.15, 0.2) is 48.7 Å². The molecule has 1 aromatic carbocycles. The van der Waals surface area contributed by atoms with Crippen LogP contribution in [0.2, 0.25) is 0 Å². The van der Waals surface area contributed by atoms with Gasteiger partial charge in [-0.25, -0.2) is 4.98 Å². The number of nitrogens with zero attached hydrogens (tertiary/aromatic N) is 2. The van der Waals surface area contributed by atoms with Crippen molar-refractivity contribution < 1.29 is 19.4 Å². The van der Waals surface area contributed by atoms with Gasteiger partial charge in [0.15, 0.2) is 0 Å². The average molecular weight is 328 g/mol. The second-order valence-corrected chi connectivity index (χ2v) is 5.38. The molecule has 0 fully saturated rings. The first kappa shape index (κ1) is 17.5. The lowest BCUT2D eigenvalue weighted by atomic mass is 10.2. The van der Waals surface area contributed by atoms with Gasteiger partial charge in [0.1, 0.15) is 6.61 Å². The Morgan fingerprint density at radius 3 is 2.54 bits per heavy atom. The molecule has 126 valence electrons. The summed E-state index contributed by atoms with van der Waals surface area (Å²) in [6.07, 6.45) is 1.93. The SMILES string of the molecule is CN(CCCC(=O)O)C(=O)c1ccc(OCc2ccccc2)nc1. The van der Waals surface area contributed by atoms with Gasteiger partial charge in [0.2, 0.25) is 5.88 Å². The highest BCUT2D eigenvalue weighted by molar-refractivity contribution is 5.93. The number of carboxylic acid groups (broad SMARTS) is 1. The first-order valence-electron chi connectivity index (χ1n) is 7.66. The van der Waals surface area contributed by atoms with Gasteiger partial charge in [-0.3, -0.25) is 9.59 Å². The molecule has 0 bridgehead atoms. The smallest absolute Gasteiger partial charge is 0.303 e. The Labute approximate surface area is 140 Å². The van der Waals surface area contributed by atoms with E-state index in [1.54, 1.807) is 19.2 Å². The molecule has 6 nitrogen and oxygen atoms in total. The van der Waals surface area contributed by atoms with Gasteiger partial charge in [-0.05, 0) is 18.1 Å². The topological polar surface area (TPSA) is 79.7 Å². The van der Waals surface area contributed by atoms with Crippen LogP contribution < -0.4 is 4.74 Å². The maximum atomic E-state index is 12.2. The highest BCUT2D eigenvalue weighted by Crippen LogP contribution is 2.12. The van der Waals surface area contributed by atoms with Gasteiger partial charge in [-0.2, -0.15) is 0 Å². The highest BCUT2D eigenvalue weighted by atomic mass is 16.5. The monoisotopic (exact) mass is 328 g/mol. The van der Waals surface area contributed by atoms with Crippen LogP contribution in [0.5, 0.6) is 5.88 Å². The number of carboxylic acids is 1. The number of pyridine rings is 1. The van der Waals surface area contributed by atoms with E-state index in [2.05, 4.69) is 4.98 Å². The summed E-state index contributed by atoms with van der Waals surface area (Å²) in [5.74, 6) is -0.608. The molecule has 1 heterocycles. The predicted octanol–water partition coefficient (Wildman–Crippen LogP) is 2.60. The van der Waals surface area contributed by atoms with E-state index in [9.17, 15) is 9.59 Å². The normalized spacial score (nSPS) is 10.2. The number of benzene rings is 1. The fraction of sp³-hybridized carbons (Fsp3) is 0.278. The van der Waals surface area contributed by atoms with Crippen molar-refractivity contribution in [3.05, 3.63) is 59.8 Å². The molecule has 2 rings (SSSR count). The van der Waals surface area contributed by atoms with Crippen molar-refractivity contribution in [1.29, 1.82) is 0 Å². The number of aromatic nitrogens is 1. The molecule has 0 saturated carbocycles. The van der Waals surface area contributed by atoms with Gasteiger partial charge in [0.05, 0.1) is 5.56 Å². The third kappa shape index (κ3) is 5.39. The predicted molar refractivity (Wildman–Crippen MR) is 88.8 cm³/mol. The maximum Gasteiger partial charge on any atom is 0.303 e. The number of aliphatic carboxylic acids is 1. The summed E-state index contributed by atoms with van der Waals surface area (Å²) in [7, 11) is 1.64. The van der Waals surface area contributed by atoms with Crippen molar-refractivity contribution in [2.45, 2.75) is 19.4 Å². The lowest BCUT2D eigenvalue weighted by Crippen LogP contribution is -2.28. The molecule has 2 aromatic rings. The van der Waals surface area contributed by atoms with Crippen LogP contribution in [0, 0.1) is 0 Å². The van der Waals surface area contributed by atoms with Crippen LogP contribution in [0.3, 0.4) is 0 Å². The van der Waals surface area contributed by atoms with Crippen LogP contribution in [0.25, 0.3) is 0 Å². The molecule has 1 aromatic heterocycles. The second kappa shape index (κ2) is 8.67. The second-order valence-electron chi connectivity index (χ2n) is 5.38. The molecule has 0 saturated heterocycles. The van der Waals surface area contributed by atoms with Crippen LogP contribution in [0.4, 0.5) is 0 Å². The van der Waals surface area contributed by atoms with Crippen molar-refractivity contribution in [3.8, 4) is 5.88 Å². The van der Waals surface area contributed by atoms with Crippen molar-refractivity contribution in [2.24, 2.45) is 0 Å². The summed E-state index contributed by atoms with van der Waals surface area (Å²) in [6.45, 7) is 0.799. The minimum absolute atomic E-state index is 0.0438. The van der Waals surface area contributed by atoms with Gasteiger partial charge in [-0.1, -0.05) is 30.3 Å². The van der Waals surface area contributed by atoms with Crippen molar-refractivity contribution >= 4 is 11.9 Å². The molecule has 0 atom stereocenters. The lowest BCUT2D eigenvalue weighted by molar-refractivity contribution is -0.137. The maximum absolute atomic E-state index is 12.2. The number of amides is 1. The third-order valence-electron chi connectivity index (χ3n) is 3.44. The fourth-order valence-electron chi connectivity index (χ4n) is 2.11. The zero-order valence-electron chi connectivity index (χ0n) is 13.5. The van der Waals surface area contributed by atoms with E-state index in [1.165, 1.54) is 11.1 Å². The van der Waals surface area contributed by atoms with Gasteiger partial charge >= 0.3 is 5.97 Å². The van der Waals surface area contributed by atoms with Gasteiger partial charge < -0.3 is 14.7 Å². The first-order chi connectivity index (χ1) is 11.6. The molecule has 24 heavy (non-hydrogen) atoms. The zero-order valence-corrected chi connectivity index (χ0v) is 13.5. The Balaban J connectivity index is 1.86. The van der Waals surface area contributed by atoms with Gasteiger partial charge in [0.25, 0.3) is 5.91 Å². The molecule has 0 radical (unpaired) electrons. The van der Waals surface area contributed by atoms with E-state index in [4.69, 9.17) is 9.84 Å². The number of rotatable bonds is 8. The van der Waals surface area contributed by atoms with E-state index >= 15 is 0 Å². The van der Waals surface area contributed by atoms with E-state index in [-0.39, 0.29) is 12.3 Å². The van der Waals surface area contributed by atoms with Crippen molar-refractivity contribution in [1.82, 2.24) is 9.88 Å². The Hall–Kier alpha value is -2.89. The average Bonchev–Trinajstić information content (AvgIpc) is 2.60. The number of carbonyl (C=O) groups is 2. The van der Waals surface area contributed by atoms with Crippen molar-refractivity contribution in [3.63, 3.8) is 0 Å². The summed E-state index contributed by atoms with van der Waals surface area (Å²) >= 11 is 0. The summed E-state index contributed by atoms with van der Waals surface area (Å²) in [6, 6.07) is 13.1. The lowest BCUT2D eigenvalue weighted by Gasteiger charge is -2.16. The summed E-state index contributed by atoms with van der Waals surface area (Å²) in [4.78, 5) is 28.3. The molecule has 1 N–H and O–H groups in total. The minimum atomic E-state index is -0.863. The van der Waals surface area contributed by atoms with Crippen LogP contribution in [-0.2, 0) is 11.4 Å². The Morgan fingerprint density at radius 2 is 1.92 bits per heavy atom. The number of hydrogen-bond acceptors (Lipinski definition) is 4. The standard InChI is InChI=1S/C18H20N2O4/c1-20(11-5-8-17(21)22)18(23)15-9-10-16(19-12-15)24-13-14-6-3-2-4-7-14/h2-4,6-7,9-10,12H,5,8,11,13H2,1H3,(H,21,22). The fourth-order valence-corrected chi connectivity index (χ4v) is 2.11. The highest BCUT2D eigenvalue weighted by Gasteiger charge is 2.12. The molecule has 0 unspecified atom stereocenters. The summed E-state index contributed by atoms with van der Waals surface area (Å²) in [5, 5.41) is 8.62. The molecule has 0 aliphatic rings. The van der Waals surface area contributed by atoms with Gasteiger partial charge in [0, 0.05) is 32.3 Å². The number of carbonyl (C=O) groups excluding carboxylic acids is 1. The molecular weight excluding hydrogens is 308 g/mol. The Morgan fingerprint density at radius 1 is 1.17 bits per heavy atom. The quantitative estimate of drug-likeness (QED) is 0.806. The molecule has 6 heteroatoms. The third-order valence-corrected chi connectivity index (χ3v) is 3.44. The summed E-state index contributed by atoms with van der Waals surface area (Å²) < 4.78 is 5.58. The van der Waals surface area contributed by atoms with E-state index < -0.39 is 5.97 Å². The zero-order chi connectivity index (χ0) is 17.4. The van der Waals surface area contributed by atoms with Crippen LogP contribution in [-0.4, -0.2) is 40.5 Å². The first-order valence-corrected chi connectivity index (χ1v) is 7.66. The van der Waals surface area contributed by atoms with Crippen LogP contribution >= 0.6 is 0 Å². The number of hydrogen-bond donors (Lipinski definition) is 1. The van der Waals surface area contributed by atoms with E-state index in [0.29, 0.717) is 31.0 Å². The van der Waals surface area contributed by atoms with E-state index in [1.807, 2.05) is 30.3 Å². The molecular formula is C18H20N2O4. The number of ether oxygens (including phenoxy) is 1. The molecule has 0 spiro atoms. The van der Waals surface area contributed by atoms with Gasteiger partial charge in [-0.15, -0.1) is 0 Å². The Bertz CT molecular complexity index is 671.